The van der Waals surface area contributed by atoms with Crippen molar-refractivity contribution in [3.8, 4) is 17.0 Å². The molecular weight excluding hydrogens is 544 g/mol. The molecule has 10 nitrogen and oxygen atoms in total. The van der Waals surface area contributed by atoms with Gasteiger partial charge in [-0.15, -0.1) is 0 Å². The molecule has 2 aliphatic rings. The molecule has 2 amide bonds. The third-order valence-corrected chi connectivity index (χ3v) is 7.28. The first kappa shape index (κ1) is 27.8. The normalized spacial score (nSPS) is 16.0. The number of amides is 2. The summed E-state index contributed by atoms with van der Waals surface area (Å²) in [5, 5.41) is 5.03. The van der Waals surface area contributed by atoms with Crippen LogP contribution in [0.2, 0.25) is 0 Å². The highest BCUT2D eigenvalue weighted by Gasteiger charge is 2.39. The summed E-state index contributed by atoms with van der Waals surface area (Å²) >= 11 is 0. The molecule has 42 heavy (non-hydrogen) atoms. The molecule has 1 aromatic carbocycles. The van der Waals surface area contributed by atoms with E-state index in [1.165, 1.54) is 11.4 Å². The number of nitrogens with one attached hydrogen (secondary N) is 1. The molecule has 0 unspecified atom stereocenters. The Morgan fingerprint density at radius 1 is 1.19 bits per heavy atom. The Morgan fingerprint density at radius 3 is 2.74 bits per heavy atom. The van der Waals surface area contributed by atoms with Crippen molar-refractivity contribution in [3.05, 3.63) is 71.2 Å². The molecule has 0 aliphatic carbocycles. The molecule has 6 rings (SSSR count). The Hall–Kier alpha value is -4.32. The maximum Gasteiger partial charge on any atom is 0.255 e. The number of aromatic nitrogens is 4. The van der Waals surface area contributed by atoms with Crippen molar-refractivity contribution in [2.24, 2.45) is 0 Å². The van der Waals surface area contributed by atoms with E-state index in [9.17, 15) is 14.0 Å². The summed E-state index contributed by atoms with van der Waals surface area (Å²) < 4.78 is 42.3. The van der Waals surface area contributed by atoms with Crippen LogP contribution in [0.1, 0.15) is 41.4 Å². The fourth-order valence-corrected chi connectivity index (χ4v) is 5.20. The van der Waals surface area contributed by atoms with Crippen molar-refractivity contribution in [2.75, 3.05) is 25.1 Å². The van der Waals surface area contributed by atoms with Gasteiger partial charge in [-0.05, 0) is 29.6 Å². The van der Waals surface area contributed by atoms with Crippen LogP contribution in [0.15, 0.2) is 42.7 Å². The van der Waals surface area contributed by atoms with E-state index in [1.54, 1.807) is 30.6 Å². The highest BCUT2D eigenvalue weighted by molar-refractivity contribution is 6.41. The van der Waals surface area contributed by atoms with Crippen LogP contribution in [0.3, 0.4) is 0 Å². The quantitative estimate of drug-likeness (QED) is 0.357. The van der Waals surface area contributed by atoms with Crippen molar-refractivity contribution in [1.82, 2.24) is 24.5 Å². The minimum absolute atomic E-state index is 0.0607. The summed E-state index contributed by atoms with van der Waals surface area (Å²) in [5.41, 5.74) is 2.09. The van der Waals surface area contributed by atoms with Crippen LogP contribution in [0.5, 0.6) is 5.75 Å². The van der Waals surface area contributed by atoms with Gasteiger partial charge >= 0.3 is 0 Å². The number of carbonyl (C=O) groups is 2. The summed E-state index contributed by atoms with van der Waals surface area (Å²) in [6, 6.07) is 6.73. The van der Waals surface area contributed by atoms with Crippen LogP contribution in [0.4, 0.5) is 14.6 Å². The van der Waals surface area contributed by atoms with Gasteiger partial charge in [0, 0.05) is 56.1 Å². The lowest BCUT2D eigenvalue weighted by molar-refractivity contribution is -0.114. The third-order valence-electron chi connectivity index (χ3n) is 7.28. The highest BCUT2D eigenvalue weighted by atomic mass is 19.1. The minimum Gasteiger partial charge on any atom is -0.487 e. The fourth-order valence-electron chi connectivity index (χ4n) is 5.20. The maximum atomic E-state index is 15.1. The molecule has 14 heteroatoms. The van der Waals surface area contributed by atoms with Crippen LogP contribution in [-0.4, -0.2) is 77.9 Å². The number of pyridine rings is 1. The Labute approximate surface area is 242 Å². The molecular formula is C28H24B2F2N6O4. The second-order valence-corrected chi connectivity index (χ2v) is 10.3. The van der Waals surface area contributed by atoms with E-state index >= 15 is 4.39 Å². The Balaban J connectivity index is 1.32. The summed E-state index contributed by atoms with van der Waals surface area (Å²) in [7, 11) is 13.0. The fraction of sp³-hybridized carbons (Fsp3) is 0.321. The van der Waals surface area contributed by atoms with E-state index in [2.05, 4.69) is 20.4 Å². The first-order valence-electron chi connectivity index (χ1n) is 13.4. The van der Waals surface area contributed by atoms with E-state index < -0.39 is 22.9 Å². The number of imidazole rings is 1. The van der Waals surface area contributed by atoms with Gasteiger partial charge in [-0.25, -0.2) is 18.3 Å². The van der Waals surface area contributed by atoms with Gasteiger partial charge in [0.2, 0.25) is 5.91 Å². The summed E-state index contributed by atoms with van der Waals surface area (Å²) in [4.78, 5) is 35.1. The van der Waals surface area contributed by atoms with E-state index in [1.807, 2.05) is 0 Å². The summed E-state index contributed by atoms with van der Waals surface area (Å²) in [6.45, 7) is 2.32. The molecule has 4 aromatic rings. The molecule has 0 saturated carbocycles. The predicted octanol–water partition coefficient (Wildman–Crippen LogP) is 2.73. The van der Waals surface area contributed by atoms with Crippen LogP contribution < -0.4 is 10.1 Å². The number of nitrogens with zero attached hydrogens (tertiary/aromatic N) is 5. The first-order valence-corrected chi connectivity index (χ1v) is 13.4. The lowest BCUT2D eigenvalue weighted by Gasteiger charge is -2.43. The number of rotatable bonds is 6. The van der Waals surface area contributed by atoms with Crippen LogP contribution in [0, 0.1) is 11.6 Å². The van der Waals surface area contributed by atoms with Crippen molar-refractivity contribution < 1.29 is 27.8 Å². The van der Waals surface area contributed by atoms with Crippen molar-refractivity contribution in [2.45, 2.75) is 37.6 Å². The number of hydrogen-bond donors (Lipinski definition) is 1. The number of benzene rings is 1. The smallest absolute Gasteiger partial charge is 0.255 e. The second-order valence-electron chi connectivity index (χ2n) is 10.3. The number of ether oxygens (including phenoxy) is 2. The van der Waals surface area contributed by atoms with Crippen LogP contribution in [0.25, 0.3) is 16.9 Å². The summed E-state index contributed by atoms with van der Waals surface area (Å²) in [5.74, 6) is -2.65. The number of hydrogen-bond acceptors (Lipinski definition) is 7. The molecule has 1 N–H and O–H groups in total. The molecule has 1 fully saturated rings. The highest BCUT2D eigenvalue weighted by Crippen LogP contribution is 2.37. The van der Waals surface area contributed by atoms with Gasteiger partial charge in [-0.2, -0.15) is 5.10 Å². The van der Waals surface area contributed by atoms with Gasteiger partial charge in [-0.1, -0.05) is 0 Å². The lowest BCUT2D eigenvalue weighted by atomic mass is 9.56. The average Bonchev–Trinajstić information content (AvgIpc) is 3.35. The zero-order chi connectivity index (χ0) is 29.6. The minimum atomic E-state index is -2.11. The number of fused-ring (bicyclic) bond motifs is 2. The van der Waals surface area contributed by atoms with E-state index in [4.69, 9.17) is 25.2 Å². The van der Waals surface area contributed by atoms with E-state index in [0.29, 0.717) is 67.0 Å². The van der Waals surface area contributed by atoms with Gasteiger partial charge in [0.15, 0.2) is 23.0 Å². The topological polar surface area (TPSA) is 111 Å². The molecule has 4 radical (unpaired) electrons. The van der Waals surface area contributed by atoms with Crippen molar-refractivity contribution >= 4 is 39.0 Å². The predicted molar refractivity (Wildman–Crippen MR) is 149 cm³/mol. The second kappa shape index (κ2) is 10.8. The molecule has 3 aromatic heterocycles. The molecule has 210 valence electrons. The third kappa shape index (κ3) is 5.22. The van der Waals surface area contributed by atoms with Gasteiger partial charge < -0.3 is 19.7 Å². The Bertz CT molecular complexity index is 1710. The number of anilines is 1. The molecule has 2 aliphatic heterocycles. The monoisotopic (exact) mass is 568 g/mol. The standard InChI is InChI=1S/C28H24B2F2N6O4/c1-15(39)34-24-14-38-25(35-24)3-2-22(36-38)16-10-19-23(33-13-16)4-7-37(27(19)40)28(29,30)20-11-17(31)12-21(32)26(20)42-18-5-8-41-9-6-18/h2-3,10-14,18H,4-9H2,1H3,(H,34,39). The lowest BCUT2D eigenvalue weighted by Crippen LogP contribution is -2.54. The molecule has 0 atom stereocenters. The first-order chi connectivity index (χ1) is 20.1. The maximum absolute atomic E-state index is 15.1. The molecule has 1 saturated heterocycles. The van der Waals surface area contributed by atoms with Crippen LogP contribution in [-0.2, 0) is 21.3 Å². The van der Waals surface area contributed by atoms with Crippen molar-refractivity contribution in [3.63, 3.8) is 0 Å². The zero-order valence-electron chi connectivity index (χ0n) is 22.6. The van der Waals surface area contributed by atoms with E-state index in [-0.39, 0.29) is 35.4 Å². The average molecular weight is 568 g/mol. The Morgan fingerprint density at radius 2 is 1.98 bits per heavy atom. The van der Waals surface area contributed by atoms with Gasteiger partial charge in [0.25, 0.3) is 5.91 Å². The zero-order valence-corrected chi connectivity index (χ0v) is 22.6. The summed E-state index contributed by atoms with van der Waals surface area (Å²) in [6.07, 6.45) is 4.11. The van der Waals surface area contributed by atoms with Crippen LogP contribution >= 0.6 is 0 Å². The van der Waals surface area contributed by atoms with E-state index in [0.717, 1.165) is 11.0 Å². The largest absolute Gasteiger partial charge is 0.487 e. The molecule has 5 heterocycles. The molecule has 0 bridgehead atoms. The van der Waals surface area contributed by atoms with Gasteiger partial charge in [0.1, 0.15) is 11.9 Å². The van der Waals surface area contributed by atoms with Gasteiger partial charge in [0.05, 0.1) is 52.1 Å². The SMILES string of the molecule is [B]C([B])(c1cc(F)cc(F)c1OC1CCOCC1)N1CCc2ncc(-c3ccc4nc(NC(C)=O)cn4n3)cc2C1=O. The number of halogens is 2. The number of carbonyl (C=O) groups excluding carboxylic acids is 2. The van der Waals surface area contributed by atoms with Crippen molar-refractivity contribution in [1.29, 1.82) is 0 Å². The van der Waals surface area contributed by atoms with Gasteiger partial charge in [-0.3, -0.25) is 14.6 Å². The Kier molecular flexibility index (Phi) is 7.17. The molecule has 0 spiro atoms.